The van der Waals surface area contributed by atoms with E-state index in [1.807, 2.05) is 0 Å². The molecule has 0 bridgehead atoms. The predicted octanol–water partition coefficient (Wildman–Crippen LogP) is 1.11. The number of hydrogen-bond acceptors (Lipinski definition) is 1. The Morgan fingerprint density at radius 2 is 2.00 bits per heavy atom. The molecule has 1 aliphatic rings. The van der Waals surface area contributed by atoms with Crippen LogP contribution in [0, 0.1) is 6.17 Å². The first-order chi connectivity index (χ1) is 3.13. The molecule has 1 nitrogen and oxygen atoms in total. The van der Waals surface area contributed by atoms with Crippen LogP contribution < -0.4 is 0 Å². The lowest BCUT2D eigenvalue weighted by atomic mass is 10.3. The molecule has 4 heteroatoms. The Morgan fingerprint density at radius 3 is 2.00 bits per heavy atom. The van der Waals surface area contributed by atoms with E-state index in [2.05, 4.69) is 4.74 Å². The monoisotopic (exact) mass is 111 g/mol. The van der Waals surface area contributed by atoms with E-state index in [0.29, 0.717) is 0 Å². The summed E-state index contributed by atoms with van der Waals surface area (Å²) in [5.74, 6) is 0. The molecule has 1 aliphatic heterocycles. The molecule has 0 aromatic rings. The molecule has 7 heavy (non-hydrogen) atoms. The van der Waals surface area contributed by atoms with Crippen LogP contribution >= 0.6 is 0 Å². The second kappa shape index (κ2) is 1.12. The van der Waals surface area contributed by atoms with Crippen molar-refractivity contribution in [1.82, 2.24) is 0 Å². The van der Waals surface area contributed by atoms with Crippen molar-refractivity contribution in [2.45, 2.75) is 6.11 Å². The first kappa shape index (κ1) is 4.90. The molecule has 1 saturated heterocycles. The lowest BCUT2D eigenvalue weighted by Crippen LogP contribution is -2.41. The molecule has 0 aliphatic carbocycles. The molecule has 0 amide bonds. The van der Waals surface area contributed by atoms with Crippen LogP contribution in [0.1, 0.15) is 0 Å². The van der Waals surface area contributed by atoms with Crippen LogP contribution in [0.25, 0.3) is 0 Å². The second-order valence-electron chi connectivity index (χ2n) is 1.21. The fraction of sp³-hybridized carbons (Fsp3) is 0.667. The van der Waals surface area contributed by atoms with Crippen LogP contribution in [0.2, 0.25) is 0 Å². The summed E-state index contributed by atoms with van der Waals surface area (Å²) in [5.41, 5.74) is 0. The van der Waals surface area contributed by atoms with Gasteiger partial charge in [-0.3, -0.25) is 0 Å². The summed E-state index contributed by atoms with van der Waals surface area (Å²) in [4.78, 5) is 0. The lowest BCUT2D eigenvalue weighted by molar-refractivity contribution is -0.311. The third kappa shape index (κ3) is 0.586. The van der Waals surface area contributed by atoms with Crippen molar-refractivity contribution in [2.75, 3.05) is 6.61 Å². The second-order valence-corrected chi connectivity index (χ2v) is 1.21. The Balaban J connectivity index is 2.43. The average Bonchev–Trinajstić information content (AvgIpc) is 1.63. The third-order valence-electron chi connectivity index (χ3n) is 0.696. The number of halogens is 3. The van der Waals surface area contributed by atoms with E-state index in [-0.39, 0.29) is 0 Å². The highest BCUT2D eigenvalue weighted by Crippen LogP contribution is 2.38. The Bertz CT molecular complexity index is 82.2. The van der Waals surface area contributed by atoms with Crippen molar-refractivity contribution in [1.29, 1.82) is 0 Å². The summed E-state index contributed by atoms with van der Waals surface area (Å²) in [6.45, 7) is -0.549. The van der Waals surface area contributed by atoms with E-state index in [4.69, 9.17) is 0 Å². The Morgan fingerprint density at radius 1 is 1.57 bits per heavy atom. The minimum atomic E-state index is -3.57. The topological polar surface area (TPSA) is 9.23 Å². The number of rotatable bonds is 0. The molecule has 0 unspecified atom stereocenters. The van der Waals surface area contributed by atoms with Gasteiger partial charge in [0.1, 0.15) is 0 Å². The van der Waals surface area contributed by atoms with Gasteiger partial charge in [0.2, 0.25) is 0 Å². The van der Waals surface area contributed by atoms with E-state index in [1.54, 1.807) is 0 Å². The van der Waals surface area contributed by atoms with Gasteiger partial charge in [-0.2, -0.15) is 8.78 Å². The molecule has 41 valence electrons. The zero-order chi connectivity index (χ0) is 5.49. The highest BCUT2D eigenvalue weighted by atomic mass is 19.3. The van der Waals surface area contributed by atoms with Crippen molar-refractivity contribution < 1.29 is 17.9 Å². The van der Waals surface area contributed by atoms with Gasteiger partial charge in [-0.25, -0.2) is 4.39 Å². The minimum absolute atomic E-state index is 0.549. The summed E-state index contributed by atoms with van der Waals surface area (Å²) >= 11 is 0. The van der Waals surface area contributed by atoms with Gasteiger partial charge in [-0.15, -0.1) is 0 Å². The number of alkyl halides is 2. The van der Waals surface area contributed by atoms with Crippen LogP contribution in [0.5, 0.6) is 0 Å². The van der Waals surface area contributed by atoms with E-state index in [1.165, 1.54) is 0 Å². The van der Waals surface area contributed by atoms with Gasteiger partial charge in [-0.05, 0) is 0 Å². The Kier molecular flexibility index (Phi) is 0.786. The largest absolute Gasteiger partial charge is 0.395 e. The first-order valence-electron chi connectivity index (χ1n) is 1.66. The molecular formula is C3H2F3O. The predicted molar refractivity (Wildman–Crippen MR) is 15.3 cm³/mol. The van der Waals surface area contributed by atoms with Crippen LogP contribution in [-0.4, -0.2) is 12.7 Å². The van der Waals surface area contributed by atoms with Gasteiger partial charge in [0.05, 0.1) is 6.61 Å². The molecule has 1 rings (SSSR count). The van der Waals surface area contributed by atoms with Crippen LogP contribution in [0.15, 0.2) is 0 Å². The molecule has 1 heterocycles. The summed E-state index contributed by atoms with van der Waals surface area (Å²) in [6.07, 6.45) is -4.95. The molecule has 0 aromatic heterocycles. The Hall–Kier alpha value is -0.250. The molecule has 0 N–H and O–H groups in total. The normalized spacial score (nSPS) is 29.6. The summed E-state index contributed by atoms with van der Waals surface area (Å²) < 4.78 is 37.4. The van der Waals surface area contributed by atoms with Crippen molar-refractivity contribution in [2.24, 2.45) is 0 Å². The van der Waals surface area contributed by atoms with E-state index >= 15 is 0 Å². The van der Waals surface area contributed by atoms with Gasteiger partial charge in [-0.1, -0.05) is 0 Å². The van der Waals surface area contributed by atoms with Gasteiger partial charge in [0, 0.05) is 0 Å². The van der Waals surface area contributed by atoms with Crippen molar-refractivity contribution in [3.8, 4) is 0 Å². The summed E-state index contributed by atoms with van der Waals surface area (Å²) in [6, 6.07) is 0. The molecule has 1 radical (unpaired) electrons. The minimum Gasteiger partial charge on any atom is -0.314 e. The maximum absolute atomic E-state index is 11.3. The quantitative estimate of drug-likeness (QED) is 0.455. The third-order valence-corrected chi connectivity index (χ3v) is 0.696. The maximum atomic E-state index is 11.3. The number of hydrogen-bond donors (Lipinski definition) is 0. The molecule has 0 saturated carbocycles. The van der Waals surface area contributed by atoms with Crippen LogP contribution in [-0.2, 0) is 4.74 Å². The number of ether oxygens (including phenoxy) is 1. The van der Waals surface area contributed by atoms with E-state index < -0.39 is 18.9 Å². The highest BCUT2D eigenvalue weighted by Gasteiger charge is 2.53. The fourth-order valence-electron chi connectivity index (χ4n) is 0.236. The zero-order valence-electron chi connectivity index (χ0n) is 3.25. The smallest absolute Gasteiger partial charge is 0.314 e. The maximum Gasteiger partial charge on any atom is 0.395 e. The lowest BCUT2D eigenvalue weighted by Gasteiger charge is -2.27. The van der Waals surface area contributed by atoms with Gasteiger partial charge in [0.15, 0.2) is 0 Å². The molecule has 0 spiro atoms. The van der Waals surface area contributed by atoms with E-state index in [9.17, 15) is 13.2 Å². The fourth-order valence-corrected chi connectivity index (χ4v) is 0.236. The molecule has 0 atom stereocenters. The highest BCUT2D eigenvalue weighted by molar-refractivity contribution is 4.94. The van der Waals surface area contributed by atoms with Gasteiger partial charge < -0.3 is 4.74 Å². The molecule has 0 aromatic carbocycles. The summed E-state index contributed by atoms with van der Waals surface area (Å²) in [5, 5.41) is 0. The standard InChI is InChI=1S/C3H2F3O/c4-2-1-7-3(2,5)6/h1H2. The first-order valence-corrected chi connectivity index (χ1v) is 1.66. The van der Waals surface area contributed by atoms with Crippen molar-refractivity contribution in [3.05, 3.63) is 6.17 Å². The van der Waals surface area contributed by atoms with Gasteiger partial charge in [0.25, 0.3) is 6.17 Å². The molecular weight excluding hydrogens is 109 g/mol. The summed E-state index contributed by atoms with van der Waals surface area (Å²) in [7, 11) is 0. The van der Waals surface area contributed by atoms with Crippen molar-refractivity contribution >= 4 is 0 Å². The Labute approximate surface area is 38.1 Å². The van der Waals surface area contributed by atoms with Crippen molar-refractivity contribution in [3.63, 3.8) is 0 Å². The SMILES string of the molecule is F[C]1COC1(F)F. The van der Waals surface area contributed by atoms with Crippen LogP contribution in [0.4, 0.5) is 13.2 Å². The average molecular weight is 111 g/mol. The molecule has 1 fully saturated rings. The van der Waals surface area contributed by atoms with Gasteiger partial charge >= 0.3 is 6.11 Å². The zero-order valence-corrected chi connectivity index (χ0v) is 3.25. The van der Waals surface area contributed by atoms with E-state index in [0.717, 1.165) is 0 Å². The van der Waals surface area contributed by atoms with Crippen LogP contribution in [0.3, 0.4) is 0 Å².